The lowest BCUT2D eigenvalue weighted by molar-refractivity contribution is 0.0955. The summed E-state index contributed by atoms with van der Waals surface area (Å²) in [5, 5.41) is 14.7. The maximum absolute atomic E-state index is 12.6. The molecule has 0 fully saturated rings. The van der Waals surface area contributed by atoms with E-state index in [4.69, 9.17) is 0 Å². The maximum Gasteiger partial charge on any atom is 0.234 e. The van der Waals surface area contributed by atoms with Crippen molar-refractivity contribution in [2.45, 2.75) is 6.54 Å². The molecule has 0 spiro atoms. The number of hydrogen-bond acceptors (Lipinski definition) is 6. The van der Waals surface area contributed by atoms with Crippen molar-refractivity contribution in [3.05, 3.63) is 72.8 Å². The van der Waals surface area contributed by atoms with Gasteiger partial charge in [0.15, 0.2) is 0 Å². The molecule has 0 N–H and O–H groups in total. The van der Waals surface area contributed by atoms with Gasteiger partial charge in [0.25, 0.3) is 0 Å². The molecule has 130 valence electrons. The van der Waals surface area contributed by atoms with Gasteiger partial charge in [-0.25, -0.2) is 9.97 Å². The Hall–Kier alpha value is -3.94. The lowest BCUT2D eigenvalue weighted by atomic mass is 10.1. The van der Waals surface area contributed by atoms with Crippen molar-refractivity contribution in [3.63, 3.8) is 0 Å². The van der Waals surface area contributed by atoms with Gasteiger partial charge in [0.05, 0.1) is 6.20 Å². The lowest BCUT2D eigenvalue weighted by Crippen LogP contribution is -2.15. The fraction of sp³-hybridized carbons (Fsp3) is 0.0526. The van der Waals surface area contributed by atoms with Gasteiger partial charge in [-0.15, -0.1) is 10.2 Å². The number of carbonyl (C=O) groups excluding carboxylic acids is 1. The van der Waals surface area contributed by atoms with E-state index < -0.39 is 0 Å². The summed E-state index contributed by atoms with van der Waals surface area (Å²) < 4.78 is 1.64. The Morgan fingerprint density at radius 2 is 1.89 bits per heavy atom. The number of hydrogen-bond donors (Lipinski definition) is 0. The number of imidazole rings is 1. The first-order valence-electron chi connectivity index (χ1n) is 8.36. The third kappa shape index (κ3) is 2.73. The number of nitrogens with zero attached hydrogens (tertiary/aromatic N) is 7. The molecule has 0 amide bonds. The Labute approximate surface area is 153 Å². The Bertz CT molecular complexity index is 1290. The number of benzene rings is 2. The molecule has 27 heavy (non-hydrogen) atoms. The molecule has 5 aromatic rings. The Morgan fingerprint density at radius 1 is 1.00 bits per heavy atom. The third-order valence-electron chi connectivity index (χ3n) is 4.32. The van der Waals surface area contributed by atoms with Crippen LogP contribution in [0, 0.1) is 0 Å². The second-order valence-electron chi connectivity index (χ2n) is 6.06. The average molecular weight is 355 g/mol. The SMILES string of the molecule is O=C(Cn1nnc(-c2ccc3ccccc3c2)n1)c1cnc2ncccn12. The quantitative estimate of drug-likeness (QED) is 0.460. The minimum atomic E-state index is -0.169. The Balaban J connectivity index is 1.42. The molecule has 0 unspecified atom stereocenters. The van der Waals surface area contributed by atoms with Gasteiger partial charge in [-0.1, -0.05) is 36.4 Å². The average Bonchev–Trinajstić information content (AvgIpc) is 3.34. The standard InChI is InChI=1S/C19H13N7O/c27-17(16-11-21-19-20-8-3-9-25(16)19)12-26-23-18(22-24-26)15-7-6-13-4-1-2-5-14(13)10-15/h1-11H,12H2. The van der Waals surface area contributed by atoms with Crippen LogP contribution in [0.2, 0.25) is 0 Å². The molecule has 0 aliphatic rings. The summed E-state index contributed by atoms with van der Waals surface area (Å²) in [6.45, 7) is -0.0245. The van der Waals surface area contributed by atoms with Gasteiger partial charge in [-0.05, 0) is 28.1 Å². The Kier molecular flexibility index (Phi) is 3.46. The summed E-state index contributed by atoms with van der Waals surface area (Å²) >= 11 is 0. The van der Waals surface area contributed by atoms with Crippen LogP contribution in [-0.2, 0) is 6.54 Å². The monoisotopic (exact) mass is 355 g/mol. The first-order chi connectivity index (χ1) is 13.3. The van der Waals surface area contributed by atoms with E-state index in [2.05, 4.69) is 25.4 Å². The highest BCUT2D eigenvalue weighted by Crippen LogP contribution is 2.21. The van der Waals surface area contributed by atoms with Crippen LogP contribution in [0.5, 0.6) is 0 Å². The van der Waals surface area contributed by atoms with E-state index in [-0.39, 0.29) is 12.3 Å². The lowest BCUT2D eigenvalue weighted by Gasteiger charge is -2.00. The van der Waals surface area contributed by atoms with Crippen LogP contribution >= 0.6 is 0 Å². The topological polar surface area (TPSA) is 90.9 Å². The van der Waals surface area contributed by atoms with Gasteiger partial charge in [-0.2, -0.15) is 4.80 Å². The molecule has 0 atom stereocenters. The molecule has 3 aromatic heterocycles. The number of Topliss-reactive ketones (excluding diaryl/α,β-unsaturated/α-hetero) is 1. The van der Waals surface area contributed by atoms with E-state index in [0.29, 0.717) is 17.3 Å². The fourth-order valence-electron chi connectivity index (χ4n) is 3.00. The van der Waals surface area contributed by atoms with Gasteiger partial charge in [0.1, 0.15) is 12.2 Å². The van der Waals surface area contributed by atoms with Crippen LogP contribution < -0.4 is 0 Å². The third-order valence-corrected chi connectivity index (χ3v) is 4.32. The fourth-order valence-corrected chi connectivity index (χ4v) is 3.00. The first kappa shape index (κ1) is 15.3. The van der Waals surface area contributed by atoms with Crippen molar-refractivity contribution >= 4 is 22.3 Å². The van der Waals surface area contributed by atoms with Crippen LogP contribution in [0.3, 0.4) is 0 Å². The summed E-state index contributed by atoms with van der Waals surface area (Å²) in [5.41, 5.74) is 1.29. The number of carbonyl (C=O) groups is 1. The summed E-state index contributed by atoms with van der Waals surface area (Å²) in [4.78, 5) is 22.1. The highest BCUT2D eigenvalue weighted by molar-refractivity contribution is 5.94. The van der Waals surface area contributed by atoms with Gasteiger partial charge in [-0.3, -0.25) is 9.20 Å². The predicted molar refractivity (Wildman–Crippen MR) is 98.1 cm³/mol. The first-order valence-corrected chi connectivity index (χ1v) is 8.36. The summed E-state index contributed by atoms with van der Waals surface area (Å²) in [7, 11) is 0. The van der Waals surface area contributed by atoms with E-state index in [9.17, 15) is 4.79 Å². The molecule has 0 saturated heterocycles. The van der Waals surface area contributed by atoms with Crippen LogP contribution in [-0.4, -0.2) is 40.4 Å². The molecule has 3 heterocycles. The number of fused-ring (bicyclic) bond motifs is 2. The van der Waals surface area contributed by atoms with Crippen LogP contribution in [0.25, 0.3) is 27.9 Å². The largest absolute Gasteiger partial charge is 0.290 e. The molecule has 8 nitrogen and oxygen atoms in total. The van der Waals surface area contributed by atoms with E-state index in [1.165, 1.54) is 11.0 Å². The minimum absolute atomic E-state index is 0.0245. The molecule has 0 bridgehead atoms. The van der Waals surface area contributed by atoms with Crippen molar-refractivity contribution in [1.29, 1.82) is 0 Å². The number of tetrazole rings is 1. The van der Waals surface area contributed by atoms with Gasteiger partial charge in [0, 0.05) is 18.0 Å². The van der Waals surface area contributed by atoms with Crippen molar-refractivity contribution in [3.8, 4) is 11.4 Å². The second kappa shape index (κ2) is 6.10. The van der Waals surface area contributed by atoms with E-state index in [0.717, 1.165) is 16.3 Å². The number of rotatable bonds is 4. The van der Waals surface area contributed by atoms with Crippen molar-refractivity contribution in [1.82, 2.24) is 34.6 Å². The van der Waals surface area contributed by atoms with Gasteiger partial charge < -0.3 is 0 Å². The van der Waals surface area contributed by atoms with E-state index >= 15 is 0 Å². The van der Waals surface area contributed by atoms with Crippen molar-refractivity contribution in [2.75, 3.05) is 0 Å². The second-order valence-corrected chi connectivity index (χ2v) is 6.06. The molecule has 0 radical (unpaired) electrons. The Morgan fingerprint density at radius 3 is 2.81 bits per heavy atom. The zero-order valence-corrected chi connectivity index (χ0v) is 14.1. The summed E-state index contributed by atoms with van der Waals surface area (Å²) in [5.74, 6) is 0.788. The maximum atomic E-state index is 12.6. The minimum Gasteiger partial charge on any atom is -0.290 e. The highest BCUT2D eigenvalue weighted by atomic mass is 16.1. The molecule has 5 rings (SSSR count). The predicted octanol–water partition coefficient (Wildman–Crippen LogP) is 2.42. The van der Waals surface area contributed by atoms with Crippen molar-refractivity contribution < 1.29 is 4.79 Å². The highest BCUT2D eigenvalue weighted by Gasteiger charge is 2.15. The molecular formula is C19H13N7O. The van der Waals surface area contributed by atoms with E-state index in [1.807, 2.05) is 42.5 Å². The van der Waals surface area contributed by atoms with Crippen molar-refractivity contribution in [2.24, 2.45) is 0 Å². The van der Waals surface area contributed by atoms with Crippen LogP contribution in [0.1, 0.15) is 10.5 Å². The normalized spacial score (nSPS) is 11.3. The van der Waals surface area contributed by atoms with Gasteiger partial charge in [0.2, 0.25) is 17.4 Å². The molecule has 0 saturated carbocycles. The molecular weight excluding hydrogens is 342 g/mol. The molecule has 0 aliphatic heterocycles. The summed E-state index contributed by atoms with van der Waals surface area (Å²) in [6.07, 6.45) is 4.88. The zero-order valence-electron chi connectivity index (χ0n) is 14.1. The molecule has 8 heteroatoms. The number of aromatic nitrogens is 7. The molecule has 0 aliphatic carbocycles. The zero-order chi connectivity index (χ0) is 18.2. The van der Waals surface area contributed by atoms with Crippen LogP contribution in [0.15, 0.2) is 67.1 Å². The van der Waals surface area contributed by atoms with E-state index in [1.54, 1.807) is 22.9 Å². The van der Waals surface area contributed by atoms with Gasteiger partial charge >= 0.3 is 0 Å². The molecule has 2 aromatic carbocycles. The summed E-state index contributed by atoms with van der Waals surface area (Å²) in [6, 6.07) is 15.8. The smallest absolute Gasteiger partial charge is 0.234 e. The van der Waals surface area contributed by atoms with Crippen LogP contribution in [0.4, 0.5) is 0 Å². The number of ketones is 1.